The number of rotatable bonds is 13. The number of fused-ring (bicyclic) bond motifs is 7. The van der Waals surface area contributed by atoms with Crippen molar-refractivity contribution < 1.29 is 61.6 Å². The summed E-state index contributed by atoms with van der Waals surface area (Å²) >= 11 is 0. The van der Waals surface area contributed by atoms with E-state index in [0.717, 1.165) is 57.8 Å². The van der Waals surface area contributed by atoms with Gasteiger partial charge in [0.25, 0.3) is 0 Å². The Morgan fingerprint density at radius 3 is 1.98 bits per heavy atom. The molecule has 0 spiro atoms. The summed E-state index contributed by atoms with van der Waals surface area (Å²) in [5.41, 5.74) is 0.706. The summed E-state index contributed by atoms with van der Waals surface area (Å²) in [4.78, 5) is 14.0. The third-order valence-corrected chi connectivity index (χ3v) is 18.7. The van der Waals surface area contributed by atoms with Crippen molar-refractivity contribution in [2.45, 2.75) is 174 Å². The van der Waals surface area contributed by atoms with Gasteiger partial charge in [0, 0.05) is 49.8 Å². The molecule has 7 rings (SSSR count). The summed E-state index contributed by atoms with van der Waals surface area (Å²) in [6.07, 6.45) is 5.62. The van der Waals surface area contributed by atoms with Crippen LogP contribution in [0.25, 0.3) is 0 Å². The molecule has 4 saturated carbocycles. The van der Waals surface area contributed by atoms with E-state index in [-0.39, 0.29) is 64.4 Å². The molecule has 62 heavy (non-hydrogen) atoms. The number of carbonyl (C=O) groups excluding carboxylic acids is 1. The fraction of sp³-hybridized carbons (Fsp3) is 0.939. The molecule has 18 atom stereocenters. The highest BCUT2D eigenvalue weighted by Crippen LogP contribution is 2.76. The Bertz CT molecular complexity index is 1600. The first-order chi connectivity index (χ1) is 29.4. The van der Waals surface area contributed by atoms with Crippen LogP contribution in [0.5, 0.6) is 0 Å². The summed E-state index contributed by atoms with van der Waals surface area (Å²) in [5, 5.41) is 0. The second-order valence-electron chi connectivity index (χ2n) is 22.0. The molecule has 0 amide bonds. The van der Waals surface area contributed by atoms with Crippen molar-refractivity contribution >= 4 is 5.97 Å². The normalized spacial score (nSPS) is 48.5. The minimum Gasteiger partial charge on any atom is -0.468 e. The van der Waals surface area contributed by atoms with Crippen LogP contribution in [0, 0.1) is 50.2 Å². The Morgan fingerprint density at radius 2 is 1.37 bits per heavy atom. The van der Waals surface area contributed by atoms with Crippen LogP contribution in [0.15, 0.2) is 11.6 Å². The maximum absolute atomic E-state index is 14.0. The number of hydrogen-bond acceptors (Lipinski definition) is 13. The minimum atomic E-state index is -0.872. The summed E-state index contributed by atoms with van der Waals surface area (Å²) < 4.78 is 74.8. The maximum Gasteiger partial charge on any atom is 0.315 e. The van der Waals surface area contributed by atoms with Crippen molar-refractivity contribution in [3.8, 4) is 0 Å². The smallest absolute Gasteiger partial charge is 0.315 e. The van der Waals surface area contributed by atoms with Gasteiger partial charge in [0.05, 0.1) is 32.5 Å². The van der Waals surface area contributed by atoms with Gasteiger partial charge in [0.2, 0.25) is 0 Å². The number of carbonyl (C=O) groups is 1. The minimum absolute atomic E-state index is 0.0134. The van der Waals surface area contributed by atoms with Crippen LogP contribution in [0.1, 0.15) is 106 Å². The highest BCUT2D eigenvalue weighted by atomic mass is 16.8. The van der Waals surface area contributed by atoms with Crippen LogP contribution in [0.4, 0.5) is 0 Å². The molecule has 0 aromatic carbocycles. The molecule has 0 bridgehead atoms. The van der Waals surface area contributed by atoms with Crippen LogP contribution in [-0.4, -0.2) is 144 Å². The lowest BCUT2D eigenvalue weighted by atomic mass is 9.33. The molecule has 7 aliphatic rings. The third kappa shape index (κ3) is 7.49. The number of ether oxygens (including phenoxy) is 12. The number of methoxy groups -OCH3 is 8. The van der Waals surface area contributed by atoms with Gasteiger partial charge in [0.15, 0.2) is 12.6 Å². The standard InChI is InChI=1S/C49H82O13/c1-44(2)22-23-49(43(50)58-15)29(24-44)28-16-17-33-46(5)20-19-34(45(3,4)32(46)18-21-47(33,6)48(28,7)25-35(49)53-10)61-41-40(36(54-11)30(52-9)27-59-41)62-42-39(57-14)38(56-13)37(55-12)31(60-42)26-51-8/h16,29-42H,17-27H2,1-15H3/t29-,30-,31+,32-,33+,34-,35+,36-,37+,38-,39+,40+,41-,42-,46-,47+,48+,49+/m0/s1. The molecule has 0 N–H and O–H groups in total. The van der Waals surface area contributed by atoms with E-state index in [1.54, 1.807) is 49.8 Å². The van der Waals surface area contributed by atoms with Gasteiger partial charge >= 0.3 is 5.97 Å². The first-order valence-electron chi connectivity index (χ1n) is 23.4. The summed E-state index contributed by atoms with van der Waals surface area (Å²) in [6.45, 7) is 17.8. The number of hydrogen-bond donors (Lipinski definition) is 0. The van der Waals surface area contributed by atoms with Gasteiger partial charge in [-0.2, -0.15) is 0 Å². The van der Waals surface area contributed by atoms with Crippen LogP contribution < -0.4 is 0 Å². The zero-order chi connectivity index (χ0) is 45.2. The van der Waals surface area contributed by atoms with Crippen molar-refractivity contribution in [1.82, 2.24) is 0 Å². The van der Waals surface area contributed by atoms with E-state index in [0.29, 0.717) is 11.8 Å². The van der Waals surface area contributed by atoms with Gasteiger partial charge in [-0.1, -0.05) is 60.1 Å². The van der Waals surface area contributed by atoms with Crippen LogP contribution >= 0.6 is 0 Å². The van der Waals surface area contributed by atoms with Crippen LogP contribution in [0.3, 0.4) is 0 Å². The molecule has 356 valence electrons. The molecule has 5 aliphatic carbocycles. The molecule has 6 fully saturated rings. The fourth-order valence-corrected chi connectivity index (χ4v) is 15.3. The lowest BCUT2D eigenvalue weighted by Crippen LogP contribution is -2.68. The molecule has 2 saturated heterocycles. The molecule has 13 heteroatoms. The third-order valence-electron chi connectivity index (χ3n) is 18.7. The first-order valence-corrected chi connectivity index (χ1v) is 23.4. The molecule has 0 radical (unpaired) electrons. The van der Waals surface area contributed by atoms with E-state index >= 15 is 0 Å². The van der Waals surface area contributed by atoms with Crippen LogP contribution in [0.2, 0.25) is 0 Å². The fourth-order valence-electron chi connectivity index (χ4n) is 15.3. The first kappa shape index (κ1) is 48.7. The predicted molar refractivity (Wildman–Crippen MR) is 231 cm³/mol. The number of allylic oxidation sites excluding steroid dienone is 2. The quantitative estimate of drug-likeness (QED) is 0.106. The largest absolute Gasteiger partial charge is 0.468 e. The zero-order valence-electron chi connectivity index (χ0n) is 40.7. The van der Waals surface area contributed by atoms with Crippen molar-refractivity contribution in [2.75, 3.05) is 70.1 Å². The molecule has 0 unspecified atom stereocenters. The second-order valence-corrected chi connectivity index (χ2v) is 22.0. The van der Waals surface area contributed by atoms with Crippen molar-refractivity contribution in [1.29, 1.82) is 0 Å². The average molecular weight is 879 g/mol. The lowest BCUT2D eigenvalue weighted by Gasteiger charge is -2.72. The van der Waals surface area contributed by atoms with Gasteiger partial charge in [0.1, 0.15) is 48.1 Å². The SMILES string of the molecule is COC[C@H]1O[C@@H](O[C@H]2[C@H](O[C@H]3CC[C@]4(C)[C@H]5CC=C6[C@@H]7CC(C)(C)CC[C@]7(C(=O)OC)[C@H](OC)C[C@@]6(C)[C@]5(C)CC[C@H]4C3(C)C)OC[C@H](OC)[C@@H]2OC)[C@H](OC)[C@@H](OC)[C@@H]1OC. The topological polar surface area (TPSA) is 128 Å². The molecule has 2 heterocycles. The highest BCUT2D eigenvalue weighted by Gasteiger charge is 2.72. The van der Waals surface area contributed by atoms with Gasteiger partial charge in [-0.15, -0.1) is 0 Å². The molecule has 13 nitrogen and oxygen atoms in total. The molecular weight excluding hydrogens is 797 g/mol. The van der Waals surface area contributed by atoms with Crippen LogP contribution in [-0.2, 0) is 61.6 Å². The van der Waals surface area contributed by atoms with E-state index in [1.165, 1.54) is 5.57 Å². The van der Waals surface area contributed by atoms with E-state index in [1.807, 2.05) is 7.11 Å². The van der Waals surface area contributed by atoms with Crippen molar-refractivity contribution in [2.24, 2.45) is 50.2 Å². The van der Waals surface area contributed by atoms with Crippen molar-refractivity contribution in [3.63, 3.8) is 0 Å². The molecule has 2 aliphatic heterocycles. The van der Waals surface area contributed by atoms with Gasteiger partial charge in [-0.05, 0) is 103 Å². The monoisotopic (exact) mass is 879 g/mol. The maximum atomic E-state index is 14.0. The molecule has 0 aromatic rings. The van der Waals surface area contributed by atoms with E-state index < -0.39 is 60.7 Å². The zero-order valence-corrected chi connectivity index (χ0v) is 40.7. The highest BCUT2D eigenvalue weighted by molar-refractivity contribution is 5.79. The van der Waals surface area contributed by atoms with Crippen molar-refractivity contribution in [3.05, 3.63) is 11.6 Å². The van der Waals surface area contributed by atoms with E-state index in [2.05, 4.69) is 54.5 Å². The molecular formula is C49H82O13. The second kappa shape index (κ2) is 18.1. The van der Waals surface area contributed by atoms with E-state index in [4.69, 9.17) is 56.8 Å². The summed E-state index contributed by atoms with van der Waals surface area (Å²) in [5.74, 6) is 0.838. The Morgan fingerprint density at radius 1 is 0.677 bits per heavy atom. The Hall–Kier alpha value is -1.23. The molecule has 0 aromatic heterocycles. The van der Waals surface area contributed by atoms with Gasteiger partial charge < -0.3 is 56.8 Å². The average Bonchev–Trinajstić information content (AvgIpc) is 3.24. The number of esters is 1. The van der Waals surface area contributed by atoms with Gasteiger partial charge in [-0.3, -0.25) is 4.79 Å². The summed E-state index contributed by atoms with van der Waals surface area (Å²) in [7, 11) is 13.2. The Balaban J connectivity index is 1.17. The Kier molecular flexibility index (Phi) is 14.2. The predicted octanol–water partition coefficient (Wildman–Crippen LogP) is 7.16. The van der Waals surface area contributed by atoms with Gasteiger partial charge in [-0.25, -0.2) is 0 Å². The lowest BCUT2D eigenvalue weighted by molar-refractivity contribution is -0.373. The van der Waals surface area contributed by atoms with E-state index in [9.17, 15) is 4.79 Å². The summed E-state index contributed by atoms with van der Waals surface area (Å²) in [6, 6.07) is 0. The Labute approximate surface area is 372 Å².